The third kappa shape index (κ3) is 8.31. The smallest absolute Gasteiger partial charge is 0.0167 e. The summed E-state index contributed by atoms with van der Waals surface area (Å²) in [5.41, 5.74) is 1.48. The molecule has 1 heteroatoms. The fourth-order valence-electron chi connectivity index (χ4n) is 1.62. The molecule has 1 saturated carbocycles. The first-order valence-electron chi connectivity index (χ1n) is 6.02. The van der Waals surface area contributed by atoms with Gasteiger partial charge in [0.05, 0.1) is 0 Å². The van der Waals surface area contributed by atoms with Crippen molar-refractivity contribution in [2.45, 2.75) is 52.9 Å². The van der Waals surface area contributed by atoms with E-state index in [0.29, 0.717) is 0 Å². The van der Waals surface area contributed by atoms with Crippen molar-refractivity contribution in [3.8, 4) is 0 Å². The lowest BCUT2D eigenvalue weighted by atomic mass is 9.97. The molecule has 0 heterocycles. The summed E-state index contributed by atoms with van der Waals surface area (Å²) >= 11 is 0. The number of hydrogen-bond acceptors (Lipinski definition) is 1. The molecule has 0 amide bonds. The van der Waals surface area contributed by atoms with Gasteiger partial charge in [-0.05, 0) is 39.3 Å². The predicted molar refractivity (Wildman–Crippen MR) is 67.7 cm³/mol. The maximum Gasteiger partial charge on any atom is -0.0167 e. The number of hydrogen-bond donors (Lipinski definition) is 1. The molecule has 1 nitrogen and oxygen atoms in total. The van der Waals surface area contributed by atoms with Crippen molar-refractivity contribution in [3.63, 3.8) is 0 Å². The molecular formula is C13H29N. The van der Waals surface area contributed by atoms with Crippen molar-refractivity contribution in [2.24, 2.45) is 5.92 Å². The Bertz CT molecular complexity index is 112. The maximum atomic E-state index is 4.06. The zero-order valence-electron chi connectivity index (χ0n) is 10.8. The topological polar surface area (TPSA) is 12.0 Å². The van der Waals surface area contributed by atoms with Gasteiger partial charge in [0.25, 0.3) is 0 Å². The molecule has 0 radical (unpaired) electrons. The zero-order chi connectivity index (χ0) is 11.4. The third-order valence-corrected chi connectivity index (χ3v) is 2.39. The molecule has 0 aromatic rings. The Balaban J connectivity index is 0. The minimum atomic E-state index is 0.884. The van der Waals surface area contributed by atoms with Gasteiger partial charge in [0.1, 0.15) is 0 Å². The largest absolute Gasteiger partial charge is 0.323 e. The molecule has 0 unspecified atom stereocenters. The molecule has 0 aromatic heterocycles. The number of nitrogens with one attached hydrogen (secondary N) is 1. The van der Waals surface area contributed by atoms with E-state index in [9.17, 15) is 0 Å². The normalized spacial score (nSPS) is 14.9. The third-order valence-electron chi connectivity index (χ3n) is 2.39. The van der Waals surface area contributed by atoms with Crippen molar-refractivity contribution in [3.05, 3.63) is 12.2 Å². The fourth-order valence-corrected chi connectivity index (χ4v) is 1.62. The molecule has 1 aliphatic rings. The van der Waals surface area contributed by atoms with Crippen molar-refractivity contribution in [2.75, 3.05) is 14.1 Å². The zero-order valence-corrected chi connectivity index (χ0v) is 10.8. The Morgan fingerprint density at radius 2 is 1.57 bits per heavy atom. The predicted octanol–water partition coefficient (Wildman–Crippen LogP) is 4.00. The molecule has 0 aliphatic heterocycles. The second-order valence-electron chi connectivity index (χ2n) is 3.49. The van der Waals surface area contributed by atoms with Gasteiger partial charge in [-0.1, -0.05) is 45.8 Å². The first-order valence-corrected chi connectivity index (χ1v) is 6.02. The van der Waals surface area contributed by atoms with E-state index in [2.05, 4.69) is 18.8 Å². The lowest BCUT2D eigenvalue weighted by molar-refractivity contribution is 0.624. The van der Waals surface area contributed by atoms with Gasteiger partial charge in [0.15, 0.2) is 0 Å². The standard InChI is InChI=1S/C9H16.C2H7N.C2H6/c1-3-8(2)9-6-4-5-7-9;1-3-2;1-2/h9H,2-7H2,1H3;3H,1-2H3;1-2H3. The van der Waals surface area contributed by atoms with Crippen LogP contribution < -0.4 is 5.32 Å². The maximum absolute atomic E-state index is 4.06. The van der Waals surface area contributed by atoms with Crippen LogP contribution in [0.5, 0.6) is 0 Å². The Morgan fingerprint density at radius 1 is 1.21 bits per heavy atom. The number of rotatable bonds is 2. The molecule has 1 N–H and O–H groups in total. The van der Waals surface area contributed by atoms with Crippen LogP contribution in [0, 0.1) is 5.92 Å². The van der Waals surface area contributed by atoms with E-state index in [1.165, 1.54) is 37.7 Å². The SMILES string of the molecule is C=C(CC)C1CCCC1.CC.CNC. The van der Waals surface area contributed by atoms with Crippen molar-refractivity contribution >= 4 is 0 Å². The summed E-state index contributed by atoms with van der Waals surface area (Å²) in [6.45, 7) is 10.3. The van der Waals surface area contributed by atoms with Crippen LogP contribution in [0.4, 0.5) is 0 Å². The molecule has 0 saturated heterocycles. The number of allylic oxidation sites excluding steroid dienone is 1. The molecular weight excluding hydrogens is 170 g/mol. The van der Waals surface area contributed by atoms with E-state index in [4.69, 9.17) is 0 Å². The van der Waals surface area contributed by atoms with E-state index in [-0.39, 0.29) is 0 Å². The molecule has 0 aromatic carbocycles. The molecule has 1 aliphatic carbocycles. The van der Waals surface area contributed by atoms with Crippen LogP contribution in [-0.4, -0.2) is 14.1 Å². The molecule has 1 fully saturated rings. The van der Waals surface area contributed by atoms with Crippen LogP contribution in [-0.2, 0) is 0 Å². The summed E-state index contributed by atoms with van der Waals surface area (Å²) in [5.74, 6) is 0.884. The van der Waals surface area contributed by atoms with Crippen molar-refractivity contribution in [1.82, 2.24) is 5.32 Å². The van der Waals surface area contributed by atoms with Gasteiger partial charge in [-0.25, -0.2) is 0 Å². The second-order valence-corrected chi connectivity index (χ2v) is 3.49. The first kappa shape index (κ1) is 16.1. The Kier molecular flexibility index (Phi) is 14.6. The highest BCUT2D eigenvalue weighted by atomic mass is 14.7. The summed E-state index contributed by atoms with van der Waals surface area (Å²) in [6.07, 6.45) is 6.87. The fraction of sp³-hybridized carbons (Fsp3) is 0.846. The molecule has 86 valence electrons. The highest BCUT2D eigenvalue weighted by Gasteiger charge is 2.15. The van der Waals surface area contributed by atoms with E-state index in [1.807, 2.05) is 27.9 Å². The van der Waals surface area contributed by atoms with Crippen molar-refractivity contribution in [1.29, 1.82) is 0 Å². The van der Waals surface area contributed by atoms with Crippen LogP contribution in [0.2, 0.25) is 0 Å². The summed E-state index contributed by atoms with van der Waals surface area (Å²) in [7, 11) is 3.75. The average Bonchev–Trinajstić information content (AvgIpc) is 2.74. The highest BCUT2D eigenvalue weighted by molar-refractivity contribution is 5.01. The quantitative estimate of drug-likeness (QED) is 0.663. The van der Waals surface area contributed by atoms with Gasteiger partial charge in [-0.15, -0.1) is 0 Å². The van der Waals surface area contributed by atoms with Gasteiger partial charge in [0, 0.05) is 0 Å². The molecule has 0 spiro atoms. The second kappa shape index (κ2) is 12.7. The minimum Gasteiger partial charge on any atom is -0.323 e. The van der Waals surface area contributed by atoms with Gasteiger partial charge in [-0.2, -0.15) is 0 Å². The lowest BCUT2D eigenvalue weighted by Crippen LogP contribution is -1.94. The van der Waals surface area contributed by atoms with E-state index in [1.54, 1.807) is 0 Å². The summed E-state index contributed by atoms with van der Waals surface area (Å²) in [6, 6.07) is 0. The van der Waals surface area contributed by atoms with Gasteiger partial charge < -0.3 is 5.32 Å². The Morgan fingerprint density at radius 3 is 1.86 bits per heavy atom. The molecule has 14 heavy (non-hydrogen) atoms. The van der Waals surface area contributed by atoms with Crippen molar-refractivity contribution < 1.29 is 0 Å². The van der Waals surface area contributed by atoms with Crippen LogP contribution in [0.25, 0.3) is 0 Å². The summed E-state index contributed by atoms with van der Waals surface area (Å²) in [4.78, 5) is 0. The Hall–Kier alpha value is -0.300. The van der Waals surface area contributed by atoms with E-state index < -0.39 is 0 Å². The average molecular weight is 199 g/mol. The molecule has 1 rings (SSSR count). The summed E-state index contributed by atoms with van der Waals surface area (Å²) in [5, 5.41) is 2.75. The van der Waals surface area contributed by atoms with Crippen LogP contribution in [0.1, 0.15) is 52.9 Å². The monoisotopic (exact) mass is 199 g/mol. The van der Waals surface area contributed by atoms with E-state index in [0.717, 1.165) is 5.92 Å². The van der Waals surface area contributed by atoms with Gasteiger partial charge >= 0.3 is 0 Å². The highest BCUT2D eigenvalue weighted by Crippen LogP contribution is 2.31. The minimum absolute atomic E-state index is 0.884. The van der Waals surface area contributed by atoms with Crippen LogP contribution >= 0.6 is 0 Å². The van der Waals surface area contributed by atoms with Crippen LogP contribution in [0.3, 0.4) is 0 Å². The summed E-state index contributed by atoms with van der Waals surface area (Å²) < 4.78 is 0. The van der Waals surface area contributed by atoms with Gasteiger partial charge in [0.2, 0.25) is 0 Å². The Labute approximate surface area is 91.0 Å². The lowest BCUT2D eigenvalue weighted by Gasteiger charge is -2.08. The molecule has 0 bridgehead atoms. The molecule has 0 atom stereocenters. The van der Waals surface area contributed by atoms with Gasteiger partial charge in [-0.3, -0.25) is 0 Å². The van der Waals surface area contributed by atoms with Crippen LogP contribution in [0.15, 0.2) is 12.2 Å². The van der Waals surface area contributed by atoms with E-state index >= 15 is 0 Å². The first-order chi connectivity index (χ1) is 6.76.